The lowest BCUT2D eigenvalue weighted by Crippen LogP contribution is -2.48. The van der Waals surface area contributed by atoms with Crippen molar-refractivity contribution < 1.29 is 4.39 Å². The number of nitrogens with one attached hydrogen (secondary N) is 1. The summed E-state index contributed by atoms with van der Waals surface area (Å²) >= 11 is 0. The molecule has 1 aromatic carbocycles. The first-order chi connectivity index (χ1) is 7.81. The van der Waals surface area contributed by atoms with E-state index in [0.29, 0.717) is 6.54 Å². The summed E-state index contributed by atoms with van der Waals surface area (Å²) < 4.78 is 13.0. The zero-order valence-corrected chi connectivity index (χ0v) is 8.97. The molecule has 5 heteroatoms. The Hall–Kier alpha value is -2.04. The van der Waals surface area contributed by atoms with E-state index in [1.165, 1.54) is 17.5 Å². The van der Waals surface area contributed by atoms with Crippen LogP contribution >= 0.6 is 0 Å². The first-order valence-corrected chi connectivity index (χ1v) is 5.10. The van der Waals surface area contributed by atoms with Crippen molar-refractivity contribution in [1.82, 2.24) is 10.7 Å². The second-order valence-electron chi connectivity index (χ2n) is 3.23. The molecule has 84 valence electrons. The van der Waals surface area contributed by atoms with Gasteiger partial charge in [0, 0.05) is 12.6 Å². The second-order valence-corrected chi connectivity index (χ2v) is 3.23. The smallest absolute Gasteiger partial charge is 0.210 e. The Kier molecular flexibility index (Phi) is 3.05. The quantitative estimate of drug-likeness (QED) is 0.791. The van der Waals surface area contributed by atoms with Gasteiger partial charge in [0.1, 0.15) is 0 Å². The number of hydrogen-bond acceptors (Lipinski definition) is 4. The third-order valence-corrected chi connectivity index (χ3v) is 2.19. The highest BCUT2D eigenvalue weighted by molar-refractivity contribution is 5.72. The van der Waals surface area contributed by atoms with Crippen LogP contribution in [0.2, 0.25) is 0 Å². The van der Waals surface area contributed by atoms with Crippen molar-refractivity contribution in [3.8, 4) is 0 Å². The Morgan fingerprint density at radius 1 is 1.38 bits per heavy atom. The molecule has 1 aliphatic heterocycles. The summed E-state index contributed by atoms with van der Waals surface area (Å²) in [7, 11) is 0. The summed E-state index contributed by atoms with van der Waals surface area (Å²) in [5.41, 5.74) is 3.47. The number of para-hydroxylation sites is 1. The fraction of sp³-hybridized carbons (Fsp3) is 0.182. The van der Waals surface area contributed by atoms with Gasteiger partial charge in [-0.2, -0.15) is 4.39 Å². The number of hydrazine groups is 2. The highest BCUT2D eigenvalue weighted by atomic mass is 19.1. The summed E-state index contributed by atoms with van der Waals surface area (Å²) in [5, 5.41) is 7.24. The number of halogens is 1. The van der Waals surface area contributed by atoms with Crippen molar-refractivity contribution in [3.63, 3.8) is 0 Å². The Morgan fingerprint density at radius 3 is 2.75 bits per heavy atom. The lowest BCUT2D eigenvalue weighted by atomic mass is 10.3. The second kappa shape index (κ2) is 4.65. The molecule has 2 rings (SSSR count). The molecule has 0 saturated carbocycles. The van der Waals surface area contributed by atoms with E-state index in [1.807, 2.05) is 42.3 Å². The third kappa shape index (κ3) is 2.13. The maximum absolute atomic E-state index is 13.0. The van der Waals surface area contributed by atoms with Crippen molar-refractivity contribution in [2.24, 2.45) is 5.10 Å². The number of hydrogen-bond donors (Lipinski definition) is 1. The molecule has 0 aliphatic carbocycles. The van der Waals surface area contributed by atoms with Crippen LogP contribution in [-0.4, -0.2) is 18.0 Å². The SMILES string of the molecule is CCN(c1ccccc1)N1N=CC=C(F)N1. The van der Waals surface area contributed by atoms with E-state index in [1.54, 1.807) is 0 Å². The highest BCUT2D eigenvalue weighted by Crippen LogP contribution is 2.16. The first kappa shape index (κ1) is 10.5. The Morgan fingerprint density at radius 2 is 2.12 bits per heavy atom. The Labute approximate surface area is 93.6 Å². The highest BCUT2D eigenvalue weighted by Gasteiger charge is 2.14. The molecule has 0 unspecified atom stereocenters. The van der Waals surface area contributed by atoms with Crippen LogP contribution < -0.4 is 10.4 Å². The lowest BCUT2D eigenvalue weighted by Gasteiger charge is -2.33. The van der Waals surface area contributed by atoms with Crippen LogP contribution in [0.4, 0.5) is 10.1 Å². The van der Waals surface area contributed by atoms with Crippen LogP contribution in [0.5, 0.6) is 0 Å². The molecule has 4 nitrogen and oxygen atoms in total. The number of hydrazone groups is 1. The van der Waals surface area contributed by atoms with E-state index < -0.39 is 5.95 Å². The van der Waals surface area contributed by atoms with Crippen LogP contribution in [0.3, 0.4) is 0 Å². The van der Waals surface area contributed by atoms with E-state index >= 15 is 0 Å². The lowest BCUT2D eigenvalue weighted by molar-refractivity contribution is 0.177. The van der Waals surface area contributed by atoms with E-state index in [-0.39, 0.29) is 0 Å². The molecule has 1 aliphatic rings. The molecule has 0 amide bonds. The molecule has 0 spiro atoms. The maximum Gasteiger partial charge on any atom is 0.210 e. The van der Waals surface area contributed by atoms with Gasteiger partial charge in [-0.15, -0.1) is 10.3 Å². The molecule has 0 aromatic heterocycles. The largest absolute Gasteiger partial charge is 0.250 e. The average Bonchev–Trinajstić information content (AvgIpc) is 2.31. The fourth-order valence-electron chi connectivity index (χ4n) is 1.47. The molecule has 0 bridgehead atoms. The van der Waals surface area contributed by atoms with E-state index in [2.05, 4.69) is 10.5 Å². The van der Waals surface area contributed by atoms with Crippen molar-refractivity contribution in [2.45, 2.75) is 6.92 Å². The first-order valence-electron chi connectivity index (χ1n) is 5.10. The standard InChI is InChI=1S/C11H13FN4/c1-2-15(10-6-4-3-5-7-10)16-13-9-8-11(12)14-16/h3-9,14H,2H2,1H3. The van der Waals surface area contributed by atoms with E-state index in [0.717, 1.165) is 5.69 Å². The third-order valence-electron chi connectivity index (χ3n) is 2.19. The Balaban J connectivity index is 2.18. The number of nitrogens with zero attached hydrogens (tertiary/aromatic N) is 3. The normalized spacial score (nSPS) is 14.4. The molecule has 0 atom stereocenters. The average molecular weight is 220 g/mol. The van der Waals surface area contributed by atoms with Crippen LogP contribution in [0.1, 0.15) is 6.92 Å². The molecule has 1 N–H and O–H groups in total. The molecule has 0 radical (unpaired) electrons. The molecule has 16 heavy (non-hydrogen) atoms. The topological polar surface area (TPSA) is 30.9 Å². The Bertz CT molecular complexity index is 402. The van der Waals surface area contributed by atoms with Gasteiger partial charge in [0.2, 0.25) is 5.95 Å². The van der Waals surface area contributed by atoms with Crippen LogP contribution in [0.15, 0.2) is 47.5 Å². The minimum Gasteiger partial charge on any atom is -0.250 e. The van der Waals surface area contributed by atoms with Gasteiger partial charge < -0.3 is 0 Å². The molecular formula is C11H13FN4. The van der Waals surface area contributed by atoms with Crippen LogP contribution in [0, 0.1) is 0 Å². The number of benzene rings is 1. The monoisotopic (exact) mass is 220 g/mol. The van der Waals surface area contributed by atoms with Gasteiger partial charge in [0.15, 0.2) is 0 Å². The van der Waals surface area contributed by atoms with Gasteiger partial charge in [-0.25, -0.2) is 5.43 Å². The van der Waals surface area contributed by atoms with Gasteiger partial charge in [-0.1, -0.05) is 18.2 Å². The van der Waals surface area contributed by atoms with Gasteiger partial charge >= 0.3 is 0 Å². The number of allylic oxidation sites excluding steroid dienone is 1. The summed E-state index contributed by atoms with van der Waals surface area (Å²) in [6.45, 7) is 2.65. The van der Waals surface area contributed by atoms with Crippen molar-refractivity contribution in [1.29, 1.82) is 0 Å². The summed E-state index contributed by atoms with van der Waals surface area (Å²) in [4.78, 5) is 0. The maximum atomic E-state index is 13.0. The van der Waals surface area contributed by atoms with Gasteiger partial charge in [-0.05, 0) is 19.1 Å². The summed E-state index contributed by atoms with van der Waals surface area (Å²) in [6, 6.07) is 9.67. The zero-order chi connectivity index (χ0) is 11.4. The number of anilines is 1. The molecular weight excluding hydrogens is 207 g/mol. The predicted molar refractivity (Wildman–Crippen MR) is 62.1 cm³/mol. The van der Waals surface area contributed by atoms with Gasteiger partial charge in [-0.3, -0.25) is 5.01 Å². The minimum atomic E-state index is -0.426. The van der Waals surface area contributed by atoms with Crippen molar-refractivity contribution in [3.05, 3.63) is 42.4 Å². The molecule has 0 saturated heterocycles. The zero-order valence-electron chi connectivity index (χ0n) is 8.97. The van der Waals surface area contributed by atoms with Gasteiger partial charge in [0.05, 0.1) is 11.9 Å². The van der Waals surface area contributed by atoms with E-state index in [4.69, 9.17) is 0 Å². The van der Waals surface area contributed by atoms with Crippen molar-refractivity contribution in [2.75, 3.05) is 11.6 Å². The fourth-order valence-corrected chi connectivity index (χ4v) is 1.47. The van der Waals surface area contributed by atoms with Crippen molar-refractivity contribution >= 4 is 11.9 Å². The van der Waals surface area contributed by atoms with Crippen LogP contribution in [-0.2, 0) is 0 Å². The summed E-state index contributed by atoms with van der Waals surface area (Å²) in [5.74, 6) is -0.426. The molecule has 1 aromatic rings. The van der Waals surface area contributed by atoms with Gasteiger partial charge in [0.25, 0.3) is 0 Å². The predicted octanol–water partition coefficient (Wildman–Crippen LogP) is 2.04. The van der Waals surface area contributed by atoms with E-state index in [9.17, 15) is 4.39 Å². The molecule has 1 heterocycles. The number of rotatable bonds is 3. The minimum absolute atomic E-state index is 0.426. The molecule has 0 fully saturated rings. The summed E-state index contributed by atoms with van der Waals surface area (Å²) in [6.07, 6.45) is 2.69. The van der Waals surface area contributed by atoms with Crippen LogP contribution in [0.25, 0.3) is 0 Å².